The largest absolute Gasteiger partial charge is 0.383 e. The highest BCUT2D eigenvalue weighted by Crippen LogP contribution is 2.21. The maximum atomic E-state index is 12.9. The fourth-order valence-corrected chi connectivity index (χ4v) is 3.14. The van der Waals surface area contributed by atoms with Crippen molar-refractivity contribution >= 4 is 16.8 Å². The van der Waals surface area contributed by atoms with Crippen molar-refractivity contribution in [3.05, 3.63) is 52.6 Å². The van der Waals surface area contributed by atoms with Crippen LogP contribution in [0.15, 0.2) is 41.2 Å². The Bertz CT molecular complexity index is 828. The molecule has 0 spiro atoms. The number of fused-ring (bicyclic) bond motifs is 1. The zero-order valence-electron chi connectivity index (χ0n) is 14.4. The van der Waals surface area contributed by atoms with Crippen molar-refractivity contribution in [3.63, 3.8) is 0 Å². The molecule has 1 amide bonds. The van der Waals surface area contributed by atoms with Gasteiger partial charge in [0.1, 0.15) is 5.82 Å². The van der Waals surface area contributed by atoms with Crippen LogP contribution in [0.25, 0.3) is 10.9 Å². The molecule has 1 atom stereocenters. The van der Waals surface area contributed by atoms with Gasteiger partial charge in [-0.25, -0.2) is 4.98 Å². The number of methoxy groups -OCH3 is 1. The summed E-state index contributed by atoms with van der Waals surface area (Å²) in [5.41, 5.74) is 0.460. The Labute approximate surface area is 146 Å². The molecular formula is C19H23N3O3. The molecule has 0 fully saturated rings. The van der Waals surface area contributed by atoms with Gasteiger partial charge in [0.15, 0.2) is 0 Å². The first-order valence-electron chi connectivity index (χ1n) is 8.59. The number of allylic oxidation sites excluding steroid dienone is 2. The molecule has 25 heavy (non-hydrogen) atoms. The molecule has 1 N–H and O–H groups in total. The molecule has 0 saturated heterocycles. The summed E-state index contributed by atoms with van der Waals surface area (Å²) in [6, 6.07) is 7.21. The van der Waals surface area contributed by atoms with Crippen LogP contribution in [0.2, 0.25) is 0 Å². The third kappa shape index (κ3) is 4.14. The van der Waals surface area contributed by atoms with Crippen LogP contribution in [0.5, 0.6) is 0 Å². The van der Waals surface area contributed by atoms with Gasteiger partial charge in [-0.2, -0.15) is 0 Å². The van der Waals surface area contributed by atoms with Crippen molar-refractivity contribution in [3.8, 4) is 0 Å². The number of para-hydroxylation sites is 1. The number of nitrogens with zero attached hydrogens (tertiary/aromatic N) is 2. The Morgan fingerprint density at radius 3 is 2.96 bits per heavy atom. The first-order chi connectivity index (χ1) is 12.2. The van der Waals surface area contributed by atoms with Crippen LogP contribution in [0, 0.1) is 5.92 Å². The molecule has 6 heteroatoms. The molecule has 0 bridgehead atoms. The number of benzene rings is 1. The lowest BCUT2D eigenvalue weighted by Gasteiger charge is -2.27. The average molecular weight is 341 g/mol. The van der Waals surface area contributed by atoms with E-state index in [1.807, 2.05) is 12.1 Å². The number of aromatic nitrogens is 2. The van der Waals surface area contributed by atoms with E-state index < -0.39 is 0 Å². The van der Waals surface area contributed by atoms with Gasteiger partial charge in [-0.05, 0) is 31.4 Å². The van der Waals surface area contributed by atoms with Crippen LogP contribution < -0.4 is 5.56 Å². The highest BCUT2D eigenvalue weighted by Gasteiger charge is 2.25. The second kappa shape index (κ2) is 8.07. The minimum atomic E-state index is -0.180. The van der Waals surface area contributed by atoms with Crippen LogP contribution in [0.1, 0.15) is 25.1 Å². The van der Waals surface area contributed by atoms with Crippen LogP contribution >= 0.6 is 0 Å². The zero-order valence-corrected chi connectivity index (χ0v) is 14.4. The summed E-state index contributed by atoms with van der Waals surface area (Å²) in [6.07, 6.45) is 6.74. The summed E-state index contributed by atoms with van der Waals surface area (Å²) in [4.78, 5) is 34.2. The molecule has 3 rings (SSSR count). The van der Waals surface area contributed by atoms with E-state index in [4.69, 9.17) is 4.74 Å². The summed E-state index contributed by atoms with van der Waals surface area (Å²) < 4.78 is 5.14. The Hall–Kier alpha value is -2.47. The Morgan fingerprint density at radius 2 is 2.20 bits per heavy atom. The normalized spacial score (nSPS) is 16.9. The second-order valence-corrected chi connectivity index (χ2v) is 6.26. The number of carbonyl (C=O) groups is 1. The molecule has 0 radical (unpaired) electrons. The maximum absolute atomic E-state index is 12.9. The van der Waals surface area contributed by atoms with Crippen molar-refractivity contribution < 1.29 is 9.53 Å². The van der Waals surface area contributed by atoms with E-state index >= 15 is 0 Å². The van der Waals surface area contributed by atoms with Crippen molar-refractivity contribution in [2.75, 3.05) is 20.3 Å². The summed E-state index contributed by atoms with van der Waals surface area (Å²) in [5.74, 6) is 0.589. The highest BCUT2D eigenvalue weighted by molar-refractivity contribution is 5.79. The lowest BCUT2D eigenvalue weighted by Crippen LogP contribution is -2.39. The molecule has 0 saturated carbocycles. The Morgan fingerprint density at radius 1 is 1.36 bits per heavy atom. The van der Waals surface area contributed by atoms with Crippen LogP contribution in [-0.4, -0.2) is 41.0 Å². The monoisotopic (exact) mass is 341 g/mol. The molecule has 0 aliphatic heterocycles. The van der Waals surface area contributed by atoms with Crippen molar-refractivity contribution in [2.45, 2.75) is 25.8 Å². The summed E-state index contributed by atoms with van der Waals surface area (Å²) in [7, 11) is 1.61. The number of H-pyrrole nitrogens is 1. The topological polar surface area (TPSA) is 75.3 Å². The van der Waals surface area contributed by atoms with Crippen molar-refractivity contribution in [2.24, 2.45) is 5.92 Å². The number of ether oxygens (including phenoxy) is 1. The number of aromatic amines is 1. The van der Waals surface area contributed by atoms with Gasteiger partial charge in [0.25, 0.3) is 5.56 Å². The molecule has 1 aromatic heterocycles. The quantitative estimate of drug-likeness (QED) is 0.818. The van der Waals surface area contributed by atoms with Crippen molar-refractivity contribution in [1.29, 1.82) is 0 Å². The predicted octanol–water partition coefficient (Wildman–Crippen LogP) is 2.25. The molecule has 2 aromatic rings. The Balaban J connectivity index is 1.83. The smallest absolute Gasteiger partial charge is 0.258 e. The van der Waals surface area contributed by atoms with Gasteiger partial charge >= 0.3 is 0 Å². The standard InChI is InChI=1S/C19H23N3O3/c1-25-12-11-22(19(24)14-7-3-2-4-8-14)13-17-20-16-10-6-5-9-15(16)18(23)21-17/h2-3,5-6,9-10,14H,4,7-8,11-13H2,1H3,(H,20,21,23)/t14-/m0/s1. The summed E-state index contributed by atoms with van der Waals surface area (Å²) >= 11 is 0. The molecular weight excluding hydrogens is 318 g/mol. The third-order valence-corrected chi connectivity index (χ3v) is 4.50. The SMILES string of the molecule is COCCN(Cc1nc2ccccc2c(=O)[nH]1)C(=O)[C@H]1CC=CCC1. The van der Waals surface area contributed by atoms with Gasteiger partial charge in [0.05, 0.1) is 24.1 Å². The van der Waals surface area contributed by atoms with E-state index in [2.05, 4.69) is 22.1 Å². The number of carbonyl (C=O) groups excluding carboxylic acids is 1. The fourth-order valence-electron chi connectivity index (χ4n) is 3.14. The molecule has 1 heterocycles. The van der Waals surface area contributed by atoms with E-state index in [9.17, 15) is 9.59 Å². The van der Waals surface area contributed by atoms with E-state index in [1.54, 1.807) is 24.1 Å². The molecule has 132 valence electrons. The highest BCUT2D eigenvalue weighted by atomic mass is 16.5. The second-order valence-electron chi connectivity index (χ2n) is 6.26. The number of rotatable bonds is 6. The molecule has 0 unspecified atom stereocenters. The Kier molecular flexibility index (Phi) is 5.60. The maximum Gasteiger partial charge on any atom is 0.258 e. The van der Waals surface area contributed by atoms with Crippen molar-refractivity contribution in [1.82, 2.24) is 14.9 Å². The van der Waals surface area contributed by atoms with Crippen LogP contribution in [0.4, 0.5) is 0 Å². The summed E-state index contributed by atoms with van der Waals surface area (Å²) in [5, 5.41) is 0.554. The van der Waals surface area contributed by atoms with Gasteiger partial charge in [-0.3, -0.25) is 9.59 Å². The van der Waals surface area contributed by atoms with Gasteiger partial charge < -0.3 is 14.6 Å². The number of hydrogen-bond acceptors (Lipinski definition) is 4. The first kappa shape index (κ1) is 17.4. The molecule has 6 nitrogen and oxygen atoms in total. The third-order valence-electron chi connectivity index (χ3n) is 4.50. The minimum Gasteiger partial charge on any atom is -0.383 e. The van der Waals surface area contributed by atoms with Gasteiger partial charge in [-0.15, -0.1) is 0 Å². The molecule has 1 aliphatic carbocycles. The lowest BCUT2D eigenvalue weighted by molar-refractivity contribution is -0.137. The zero-order chi connectivity index (χ0) is 17.6. The number of nitrogens with one attached hydrogen (secondary N) is 1. The number of amides is 1. The van der Waals surface area contributed by atoms with E-state index in [0.717, 1.165) is 19.3 Å². The van der Waals surface area contributed by atoms with Crippen LogP contribution in [0.3, 0.4) is 0 Å². The van der Waals surface area contributed by atoms with E-state index in [-0.39, 0.29) is 23.9 Å². The lowest BCUT2D eigenvalue weighted by atomic mass is 9.93. The fraction of sp³-hybridized carbons (Fsp3) is 0.421. The van der Waals surface area contributed by atoms with Gasteiger partial charge in [-0.1, -0.05) is 24.3 Å². The summed E-state index contributed by atoms with van der Waals surface area (Å²) in [6.45, 7) is 1.21. The van der Waals surface area contributed by atoms with Gasteiger partial charge in [0.2, 0.25) is 5.91 Å². The number of hydrogen-bond donors (Lipinski definition) is 1. The average Bonchev–Trinajstić information content (AvgIpc) is 2.65. The van der Waals surface area contributed by atoms with E-state index in [0.29, 0.717) is 29.9 Å². The van der Waals surface area contributed by atoms with Crippen LogP contribution in [-0.2, 0) is 16.1 Å². The van der Waals surface area contributed by atoms with E-state index in [1.165, 1.54) is 0 Å². The molecule has 1 aromatic carbocycles. The predicted molar refractivity (Wildman–Crippen MR) is 96.1 cm³/mol. The first-order valence-corrected chi connectivity index (χ1v) is 8.59. The minimum absolute atomic E-state index is 0.00552. The molecule has 1 aliphatic rings. The van der Waals surface area contributed by atoms with Gasteiger partial charge in [0, 0.05) is 19.6 Å².